The highest BCUT2D eigenvalue weighted by molar-refractivity contribution is 5.88. The van der Waals surface area contributed by atoms with Crippen molar-refractivity contribution >= 4 is 11.6 Å². The minimum absolute atomic E-state index is 0.0335. The van der Waals surface area contributed by atoms with E-state index in [1.54, 1.807) is 13.2 Å². The number of anilines is 1. The lowest BCUT2D eigenvalue weighted by Crippen LogP contribution is -2.05. The monoisotopic (exact) mass is 302 g/mol. The largest absolute Gasteiger partial charge is 0.388 e. The number of amides is 1. The van der Waals surface area contributed by atoms with E-state index in [1.165, 1.54) is 12.5 Å². The molecule has 0 heterocycles. The highest BCUT2D eigenvalue weighted by Crippen LogP contribution is 2.07. The molecular weight excluding hydrogens is 276 g/mol. The molecule has 1 aromatic carbocycles. The lowest BCUT2D eigenvalue weighted by atomic mass is 10.2. The molecule has 22 heavy (non-hydrogen) atoms. The number of carbonyl (C=O) groups is 1. The Hall–Kier alpha value is -2.33. The summed E-state index contributed by atoms with van der Waals surface area (Å²) in [5.41, 5.74) is 3.07. The number of hydrogen-bond acceptors (Lipinski definition) is 3. The Morgan fingerprint density at radius 3 is 2.41 bits per heavy atom. The number of allylic oxidation sites excluding steroid dienone is 3. The molecule has 0 bridgehead atoms. The van der Waals surface area contributed by atoms with Crippen LogP contribution in [-0.2, 0) is 9.53 Å². The van der Waals surface area contributed by atoms with Crippen molar-refractivity contribution in [3.8, 4) is 0 Å². The van der Waals surface area contributed by atoms with Gasteiger partial charge in [0.1, 0.15) is 0 Å². The van der Waals surface area contributed by atoms with Gasteiger partial charge in [-0.1, -0.05) is 36.4 Å². The van der Waals surface area contributed by atoms with E-state index < -0.39 is 0 Å². The molecule has 120 valence electrons. The summed E-state index contributed by atoms with van der Waals surface area (Å²) in [6.07, 6.45) is 7.52. The minimum Gasteiger partial charge on any atom is -0.388 e. The van der Waals surface area contributed by atoms with Crippen LogP contribution in [0.2, 0.25) is 0 Å². The Balaban J connectivity index is 0.000000401. The van der Waals surface area contributed by atoms with Crippen LogP contribution in [0.15, 0.2) is 60.8 Å². The van der Waals surface area contributed by atoms with E-state index in [-0.39, 0.29) is 5.91 Å². The number of rotatable bonds is 6. The van der Waals surface area contributed by atoms with Crippen LogP contribution >= 0.6 is 0 Å². The van der Waals surface area contributed by atoms with Gasteiger partial charge in [-0.25, -0.2) is 0 Å². The molecule has 0 aliphatic carbocycles. The van der Waals surface area contributed by atoms with E-state index in [1.807, 2.05) is 56.5 Å². The Labute approximate surface area is 133 Å². The summed E-state index contributed by atoms with van der Waals surface area (Å²) in [6, 6.07) is 7.70. The van der Waals surface area contributed by atoms with Gasteiger partial charge in [0.25, 0.3) is 0 Å². The molecular formula is C18H26N2O2. The molecule has 0 unspecified atom stereocenters. The summed E-state index contributed by atoms with van der Waals surface area (Å²) in [6.45, 7) is 7.74. The fourth-order valence-electron chi connectivity index (χ4n) is 1.46. The standard InChI is InChI=1S/C9H11NO.C9H15NO/c1-7-3-5-9(6-4-7)10-8(2)11;1-4-6-9(10-2)7-5-8-11-3/h3-6H,1-2H3,(H,10,11);4-7,10H,1,8H2,2-3H3/b;7-5-,9-6+. The van der Waals surface area contributed by atoms with Crippen molar-refractivity contribution < 1.29 is 9.53 Å². The minimum atomic E-state index is -0.0335. The van der Waals surface area contributed by atoms with Crippen molar-refractivity contribution in [3.63, 3.8) is 0 Å². The third kappa shape index (κ3) is 10.5. The fraction of sp³-hybridized carbons (Fsp3) is 0.278. The number of methoxy groups -OCH3 is 1. The van der Waals surface area contributed by atoms with Crippen LogP contribution < -0.4 is 10.6 Å². The van der Waals surface area contributed by atoms with Gasteiger partial charge in [-0.05, 0) is 31.2 Å². The van der Waals surface area contributed by atoms with E-state index in [0.717, 1.165) is 11.4 Å². The number of carbonyl (C=O) groups excluding carboxylic acids is 1. The Morgan fingerprint density at radius 1 is 1.32 bits per heavy atom. The lowest BCUT2D eigenvalue weighted by molar-refractivity contribution is -0.114. The topological polar surface area (TPSA) is 50.4 Å². The zero-order valence-electron chi connectivity index (χ0n) is 13.8. The smallest absolute Gasteiger partial charge is 0.221 e. The summed E-state index contributed by atoms with van der Waals surface area (Å²) in [5, 5.41) is 5.70. The molecule has 0 aliphatic heterocycles. The van der Waals surface area contributed by atoms with Crippen LogP contribution in [-0.4, -0.2) is 26.7 Å². The Morgan fingerprint density at radius 2 is 1.95 bits per heavy atom. The molecule has 4 nitrogen and oxygen atoms in total. The third-order valence-corrected chi connectivity index (χ3v) is 2.52. The van der Waals surface area contributed by atoms with Gasteiger partial charge in [0, 0.05) is 32.5 Å². The van der Waals surface area contributed by atoms with Crippen molar-refractivity contribution in [2.24, 2.45) is 0 Å². The van der Waals surface area contributed by atoms with Gasteiger partial charge >= 0.3 is 0 Å². The molecule has 1 amide bonds. The number of nitrogens with one attached hydrogen (secondary N) is 2. The molecule has 0 aromatic heterocycles. The zero-order chi connectivity index (χ0) is 16.8. The molecule has 0 atom stereocenters. The summed E-state index contributed by atoms with van der Waals surface area (Å²) in [4.78, 5) is 10.6. The van der Waals surface area contributed by atoms with Gasteiger partial charge in [-0.15, -0.1) is 0 Å². The zero-order valence-corrected chi connectivity index (χ0v) is 13.8. The summed E-state index contributed by atoms with van der Waals surface area (Å²) in [7, 11) is 3.53. The number of ether oxygens (including phenoxy) is 1. The second-order valence-corrected chi connectivity index (χ2v) is 4.51. The number of benzene rings is 1. The maximum absolute atomic E-state index is 10.6. The van der Waals surface area contributed by atoms with E-state index in [0.29, 0.717) is 6.61 Å². The molecule has 0 fully saturated rings. The molecule has 0 radical (unpaired) electrons. The number of hydrogen-bond donors (Lipinski definition) is 2. The molecule has 0 saturated carbocycles. The first-order valence-electron chi connectivity index (χ1n) is 7.03. The predicted octanol–water partition coefficient (Wildman–Crippen LogP) is 3.43. The van der Waals surface area contributed by atoms with Crippen LogP contribution in [0, 0.1) is 6.92 Å². The lowest BCUT2D eigenvalue weighted by Gasteiger charge is -2.00. The predicted molar refractivity (Wildman–Crippen MR) is 93.8 cm³/mol. The quantitative estimate of drug-likeness (QED) is 0.792. The van der Waals surface area contributed by atoms with Gasteiger partial charge in [-0.2, -0.15) is 0 Å². The van der Waals surface area contributed by atoms with Crippen LogP contribution in [0.1, 0.15) is 12.5 Å². The Kier molecular flexibility index (Phi) is 11.1. The SMILES string of the molecule is C=C/C=C(\C=C/COC)NC.CC(=O)Nc1ccc(C)cc1. The maximum Gasteiger partial charge on any atom is 0.221 e. The second kappa shape index (κ2) is 12.4. The van der Waals surface area contributed by atoms with Crippen LogP contribution in [0.5, 0.6) is 0 Å². The molecule has 1 rings (SSSR count). The maximum atomic E-state index is 10.6. The first-order valence-corrected chi connectivity index (χ1v) is 7.03. The van der Waals surface area contributed by atoms with Crippen molar-refractivity contribution in [1.29, 1.82) is 0 Å². The second-order valence-electron chi connectivity index (χ2n) is 4.51. The average molecular weight is 302 g/mol. The average Bonchev–Trinajstić information content (AvgIpc) is 2.49. The van der Waals surface area contributed by atoms with Crippen molar-refractivity contribution in [2.75, 3.05) is 26.1 Å². The number of aryl methyl sites for hydroxylation is 1. The van der Waals surface area contributed by atoms with E-state index >= 15 is 0 Å². The molecule has 2 N–H and O–H groups in total. The molecule has 1 aromatic rings. The van der Waals surface area contributed by atoms with Crippen molar-refractivity contribution in [3.05, 3.63) is 66.4 Å². The summed E-state index contributed by atoms with van der Waals surface area (Å²) >= 11 is 0. The highest BCUT2D eigenvalue weighted by Gasteiger charge is 1.92. The van der Waals surface area contributed by atoms with Gasteiger partial charge in [0.15, 0.2) is 0 Å². The highest BCUT2D eigenvalue weighted by atomic mass is 16.5. The normalized spacial score (nSPS) is 10.6. The first kappa shape index (κ1) is 19.7. The van der Waals surface area contributed by atoms with Crippen LogP contribution in [0.4, 0.5) is 5.69 Å². The van der Waals surface area contributed by atoms with Crippen LogP contribution in [0.25, 0.3) is 0 Å². The summed E-state index contributed by atoms with van der Waals surface area (Å²) < 4.78 is 4.85. The first-order chi connectivity index (χ1) is 10.5. The summed E-state index contributed by atoms with van der Waals surface area (Å²) in [5.74, 6) is -0.0335. The molecule has 0 aliphatic rings. The van der Waals surface area contributed by atoms with Crippen molar-refractivity contribution in [1.82, 2.24) is 5.32 Å². The van der Waals surface area contributed by atoms with Gasteiger partial charge in [-0.3, -0.25) is 4.79 Å². The fourth-order valence-corrected chi connectivity index (χ4v) is 1.46. The molecule has 0 spiro atoms. The van der Waals surface area contributed by atoms with E-state index in [9.17, 15) is 4.79 Å². The Bertz CT molecular complexity index is 502. The number of likely N-dealkylation sites (N-methyl/N-ethyl adjacent to an activating group) is 1. The van der Waals surface area contributed by atoms with Crippen molar-refractivity contribution in [2.45, 2.75) is 13.8 Å². The van der Waals surface area contributed by atoms with E-state index in [2.05, 4.69) is 17.2 Å². The van der Waals surface area contributed by atoms with Gasteiger partial charge in [0.05, 0.1) is 6.61 Å². The van der Waals surface area contributed by atoms with Gasteiger partial charge in [0.2, 0.25) is 5.91 Å². The van der Waals surface area contributed by atoms with E-state index in [4.69, 9.17) is 4.74 Å². The van der Waals surface area contributed by atoms with Crippen LogP contribution in [0.3, 0.4) is 0 Å². The third-order valence-electron chi connectivity index (χ3n) is 2.52. The molecule has 0 saturated heterocycles. The van der Waals surface area contributed by atoms with Gasteiger partial charge < -0.3 is 15.4 Å². The molecule has 4 heteroatoms.